The quantitative estimate of drug-likeness (QED) is 0.127. The Bertz CT molecular complexity index is 2120. The van der Waals surface area contributed by atoms with Gasteiger partial charge in [-0.3, -0.25) is 34.3 Å². The Kier molecular flexibility index (Phi) is 10.2. The molecule has 4 aliphatic rings. The van der Waals surface area contributed by atoms with Crippen LogP contribution in [-0.2, 0) is 9.59 Å². The van der Waals surface area contributed by atoms with Crippen LogP contribution in [0.2, 0.25) is 0 Å². The van der Waals surface area contributed by atoms with Crippen LogP contribution in [0.4, 0.5) is 5.69 Å². The van der Waals surface area contributed by atoms with Crippen molar-refractivity contribution < 1.29 is 29.0 Å². The number of carbonyl (C=O) groups excluding carboxylic acids is 4. The molecule has 1 saturated carbocycles. The lowest BCUT2D eigenvalue weighted by molar-refractivity contribution is -0.136. The number of benzene rings is 4. The monoisotopic (exact) mass is 738 g/mol. The summed E-state index contributed by atoms with van der Waals surface area (Å²) in [6, 6.07) is 30.7. The topological polar surface area (TPSA) is 119 Å². The van der Waals surface area contributed by atoms with E-state index in [1.807, 2.05) is 24.3 Å². The third-order valence-corrected chi connectivity index (χ3v) is 11.6. The molecule has 4 aromatic carbocycles. The number of imide groups is 2. The zero-order chi connectivity index (χ0) is 38.1. The molecule has 0 bridgehead atoms. The van der Waals surface area contributed by atoms with Crippen molar-refractivity contribution in [1.82, 2.24) is 15.1 Å². The molecule has 0 spiro atoms. The van der Waals surface area contributed by atoms with Gasteiger partial charge in [0.2, 0.25) is 11.8 Å². The maximum atomic E-state index is 13.3. The summed E-state index contributed by atoms with van der Waals surface area (Å²) in [4.78, 5) is 56.2. The number of phenolic OH excluding ortho intramolecular Hbond substituents is 1. The number of hydrogen-bond acceptors (Lipinski definition) is 8. The summed E-state index contributed by atoms with van der Waals surface area (Å²) >= 11 is 0. The lowest BCUT2D eigenvalue weighted by Gasteiger charge is -2.36. The van der Waals surface area contributed by atoms with E-state index in [1.54, 1.807) is 24.3 Å². The van der Waals surface area contributed by atoms with Gasteiger partial charge in [0.25, 0.3) is 11.8 Å². The van der Waals surface area contributed by atoms with Gasteiger partial charge in [-0.15, -0.1) is 0 Å². The van der Waals surface area contributed by atoms with Crippen molar-refractivity contribution in [3.63, 3.8) is 0 Å². The molecule has 0 aromatic heterocycles. The molecule has 1 aliphatic carbocycles. The number of piperazine rings is 1. The largest absolute Gasteiger partial charge is 0.508 e. The SMILES string of the molecule is CC/C(=C(\c1ccc(O)cc1)c1ccc(OCC2CC2CCN2CCN(c3ccc4c(c3)C(=O)N(C3CCC(=O)NC3=O)C4=O)CC2)cc1)c1ccccc1. The van der Waals surface area contributed by atoms with E-state index in [-0.39, 0.29) is 24.5 Å². The van der Waals surface area contributed by atoms with Crippen LogP contribution < -0.4 is 15.0 Å². The maximum Gasteiger partial charge on any atom is 0.262 e. The number of nitrogens with one attached hydrogen (secondary N) is 1. The van der Waals surface area contributed by atoms with Gasteiger partial charge in [0.15, 0.2) is 0 Å². The number of hydrogen-bond donors (Lipinski definition) is 2. The predicted molar refractivity (Wildman–Crippen MR) is 211 cm³/mol. The van der Waals surface area contributed by atoms with Gasteiger partial charge in [0.05, 0.1) is 17.7 Å². The van der Waals surface area contributed by atoms with E-state index in [0.29, 0.717) is 29.6 Å². The fourth-order valence-corrected chi connectivity index (χ4v) is 8.33. The number of phenols is 1. The highest BCUT2D eigenvalue weighted by Crippen LogP contribution is 2.42. The number of piperidine rings is 1. The molecule has 3 aliphatic heterocycles. The van der Waals surface area contributed by atoms with E-state index < -0.39 is 23.8 Å². The minimum absolute atomic E-state index is 0.0996. The second-order valence-corrected chi connectivity index (χ2v) is 15.0. The van der Waals surface area contributed by atoms with Crippen LogP contribution in [0.5, 0.6) is 11.5 Å². The molecule has 10 nitrogen and oxygen atoms in total. The Morgan fingerprint density at radius 3 is 2.16 bits per heavy atom. The minimum atomic E-state index is -0.963. The van der Waals surface area contributed by atoms with E-state index in [4.69, 9.17) is 4.74 Å². The second kappa shape index (κ2) is 15.5. The van der Waals surface area contributed by atoms with Gasteiger partial charge >= 0.3 is 0 Å². The lowest BCUT2D eigenvalue weighted by atomic mass is 9.88. The van der Waals surface area contributed by atoms with Crippen LogP contribution in [-0.4, -0.2) is 83.9 Å². The minimum Gasteiger partial charge on any atom is -0.508 e. The Morgan fingerprint density at radius 2 is 1.47 bits per heavy atom. The third-order valence-electron chi connectivity index (χ3n) is 11.6. The summed E-state index contributed by atoms with van der Waals surface area (Å²) in [6.07, 6.45) is 3.43. The number of amides is 4. The molecule has 282 valence electrons. The fraction of sp³-hybridized carbons (Fsp3) is 0.333. The van der Waals surface area contributed by atoms with Crippen molar-refractivity contribution in [3.8, 4) is 11.5 Å². The summed E-state index contributed by atoms with van der Waals surface area (Å²) in [5, 5.41) is 12.2. The van der Waals surface area contributed by atoms with Crippen LogP contribution in [0.25, 0.3) is 11.1 Å². The zero-order valence-electron chi connectivity index (χ0n) is 31.1. The summed E-state index contributed by atoms with van der Waals surface area (Å²) in [5.41, 5.74) is 7.28. The normalized spacial score (nSPS) is 21.7. The van der Waals surface area contributed by atoms with Gasteiger partial charge in [0.1, 0.15) is 17.5 Å². The first-order chi connectivity index (χ1) is 26.8. The van der Waals surface area contributed by atoms with Gasteiger partial charge in [-0.1, -0.05) is 61.5 Å². The van der Waals surface area contributed by atoms with E-state index in [2.05, 4.69) is 70.6 Å². The van der Waals surface area contributed by atoms with E-state index >= 15 is 0 Å². The molecule has 3 heterocycles. The van der Waals surface area contributed by atoms with Crippen LogP contribution in [0.1, 0.15) is 76.4 Å². The number of aromatic hydroxyl groups is 1. The van der Waals surface area contributed by atoms with Gasteiger partial charge in [0, 0.05) is 38.3 Å². The maximum absolute atomic E-state index is 13.3. The van der Waals surface area contributed by atoms with Crippen LogP contribution >= 0.6 is 0 Å². The highest BCUT2D eigenvalue weighted by atomic mass is 16.5. The fourth-order valence-electron chi connectivity index (χ4n) is 8.33. The molecule has 3 atom stereocenters. The molecule has 3 fully saturated rings. The standard InChI is InChI=1S/C45H46N4O6/c1-2-37(29-6-4-3-5-7-29)42(30-8-13-35(50)14-9-30)31-10-15-36(16-11-31)55-28-33-26-32(33)20-21-47-22-24-48(25-23-47)34-12-17-38-39(27-34)45(54)49(44(38)53)40-18-19-41(51)46-43(40)52/h3-17,27,32-33,40,50H,2,18-26,28H2,1H3,(H,46,51,52)/b42-37-. The van der Waals surface area contributed by atoms with Crippen molar-refractivity contribution in [1.29, 1.82) is 0 Å². The first-order valence-electron chi connectivity index (χ1n) is 19.4. The van der Waals surface area contributed by atoms with Crippen molar-refractivity contribution in [2.45, 2.75) is 45.1 Å². The summed E-state index contributed by atoms with van der Waals surface area (Å²) < 4.78 is 6.29. The number of allylic oxidation sites excluding steroid dienone is 1. The lowest BCUT2D eigenvalue weighted by Crippen LogP contribution is -2.54. The Labute approximate surface area is 321 Å². The van der Waals surface area contributed by atoms with Crippen LogP contribution in [0.3, 0.4) is 0 Å². The van der Waals surface area contributed by atoms with Crippen molar-refractivity contribution in [2.75, 3.05) is 44.2 Å². The third kappa shape index (κ3) is 7.64. The Morgan fingerprint density at radius 1 is 0.782 bits per heavy atom. The Balaban J connectivity index is 0.813. The first-order valence-corrected chi connectivity index (χ1v) is 19.4. The van der Waals surface area contributed by atoms with E-state index in [0.717, 1.165) is 78.6 Å². The number of fused-ring (bicyclic) bond motifs is 1. The van der Waals surface area contributed by atoms with Crippen molar-refractivity contribution in [2.24, 2.45) is 11.8 Å². The molecule has 3 unspecified atom stereocenters. The second-order valence-electron chi connectivity index (χ2n) is 15.0. The zero-order valence-corrected chi connectivity index (χ0v) is 31.1. The van der Waals surface area contributed by atoms with E-state index in [9.17, 15) is 24.3 Å². The summed E-state index contributed by atoms with van der Waals surface area (Å²) in [5.74, 6) is 0.398. The molecule has 55 heavy (non-hydrogen) atoms. The molecule has 4 amide bonds. The van der Waals surface area contributed by atoms with E-state index in [1.165, 1.54) is 17.6 Å². The smallest absolute Gasteiger partial charge is 0.262 e. The average Bonchev–Trinajstić information content (AvgIpc) is 3.93. The van der Waals surface area contributed by atoms with Gasteiger partial charge in [-0.05, 0) is 114 Å². The number of ether oxygens (including phenoxy) is 1. The van der Waals surface area contributed by atoms with Crippen LogP contribution in [0, 0.1) is 11.8 Å². The molecular formula is C45H46N4O6. The molecule has 2 N–H and O–H groups in total. The molecule has 0 radical (unpaired) electrons. The highest BCUT2D eigenvalue weighted by Gasteiger charge is 2.45. The summed E-state index contributed by atoms with van der Waals surface area (Å²) in [6.45, 7) is 7.39. The summed E-state index contributed by atoms with van der Waals surface area (Å²) in [7, 11) is 0. The first kappa shape index (κ1) is 36.2. The van der Waals surface area contributed by atoms with Gasteiger partial charge < -0.3 is 14.7 Å². The van der Waals surface area contributed by atoms with Crippen molar-refractivity contribution >= 4 is 40.5 Å². The number of carbonyl (C=O) groups is 4. The Hall–Kier alpha value is -5.74. The predicted octanol–water partition coefficient (Wildman–Crippen LogP) is 6.39. The average molecular weight is 739 g/mol. The number of anilines is 1. The molecular weight excluding hydrogens is 693 g/mol. The number of nitrogens with zero attached hydrogens (tertiary/aromatic N) is 3. The molecule has 2 saturated heterocycles. The van der Waals surface area contributed by atoms with Crippen LogP contribution in [0.15, 0.2) is 97.1 Å². The van der Waals surface area contributed by atoms with Crippen molar-refractivity contribution in [3.05, 3.63) is 125 Å². The van der Waals surface area contributed by atoms with Gasteiger partial charge in [-0.25, -0.2) is 0 Å². The molecule has 10 heteroatoms. The van der Waals surface area contributed by atoms with Gasteiger partial charge in [-0.2, -0.15) is 0 Å². The number of rotatable bonds is 12. The molecule has 8 rings (SSSR count). The highest BCUT2D eigenvalue weighted by molar-refractivity contribution is 6.23. The molecule has 4 aromatic rings.